The van der Waals surface area contributed by atoms with Gasteiger partial charge in [-0.05, 0) is 64.6 Å². The molecule has 8 aromatic rings. The largest absolute Gasteiger partial charge is 0.523 e. The first-order valence-corrected chi connectivity index (χ1v) is 33.4. The summed E-state index contributed by atoms with van der Waals surface area (Å²) in [5.41, 5.74) is -1.67. The van der Waals surface area contributed by atoms with Crippen LogP contribution in [0.3, 0.4) is 0 Å². The van der Waals surface area contributed by atoms with Crippen molar-refractivity contribution in [3.8, 4) is 0 Å². The number of benzene rings is 8. The van der Waals surface area contributed by atoms with Crippen molar-refractivity contribution in [3.63, 3.8) is 0 Å². The molecule has 3 heterocycles. The van der Waals surface area contributed by atoms with E-state index in [4.69, 9.17) is 65.8 Å². The molecule has 0 amide bonds. The summed E-state index contributed by atoms with van der Waals surface area (Å²) in [6.07, 6.45) is -24.3. The van der Waals surface area contributed by atoms with Gasteiger partial charge in [0.25, 0.3) is 0 Å². The van der Waals surface area contributed by atoms with E-state index in [1.807, 2.05) is 182 Å². The molecule has 98 heavy (non-hydrogen) atoms. The van der Waals surface area contributed by atoms with Gasteiger partial charge in [-0.25, -0.2) is 9.59 Å². The summed E-state index contributed by atoms with van der Waals surface area (Å²) < 4.78 is 163. The molecule has 0 bridgehead atoms. The normalized spacial score (nSPS) is 25.8. The summed E-state index contributed by atoms with van der Waals surface area (Å²) in [5, 5.41) is 12.2. The SMILES string of the molecule is C[C@H]1O[C@@H](O[C@H]2[C@H](OCc3ccccc3)[C@@H](OCc3ccccc3)[C@H](O[C@H]3[C@H](OCc4ccccc4)[C@@H](OCc4ccccc4)[C@H](O)O[C@@H]3COCc3ccccc3)O[C@@H]2COCc2ccccc2)[C@H](OC(=O)c2ccccc2)[C@@H](OC(=O)c2ccccc2)[C@H]1OS(=O)(=O)C(F)(F)F. The van der Waals surface area contributed by atoms with Crippen LogP contribution in [-0.2, 0) is 116 Å². The third-order valence-corrected chi connectivity index (χ3v) is 17.5. The van der Waals surface area contributed by atoms with E-state index >= 15 is 0 Å². The Morgan fingerprint density at radius 1 is 0.388 bits per heavy atom. The highest BCUT2D eigenvalue weighted by molar-refractivity contribution is 7.87. The maximum Gasteiger partial charge on any atom is 0.523 e. The minimum absolute atomic E-state index is 0.000519. The standard InChI is InChI=1S/C75H75F3O19S/c1-50-61(97-98(82,83)75(76,77)78)66(93-70(79)57-38-22-8-23-39-57)69(94-71(80)58-40-24-9-25-41-58)74(90-50)96-63-60(49-85-43-52-28-12-3-13-29-52)92-73(68(89-47-56-36-20-7-21-37-56)65(63)87-45-54-32-16-5-17-33-54)95-62-59(48-84-42-51-26-10-2-11-27-51)91-72(81)67(88-46-55-34-18-6-19-35-55)64(62)86-44-53-30-14-4-15-31-53/h2-41,50,59-69,72-74,81H,42-49H2,1H3/t50-,59-,60-,61+,62-,63-,64+,65+,66+,67-,68-,69-,72-,73+,74+/m1/s1. The molecule has 3 aliphatic rings. The van der Waals surface area contributed by atoms with E-state index in [0.29, 0.717) is 11.1 Å². The molecular weight excluding hydrogens is 1290 g/mol. The number of ether oxygens (including phenoxy) is 13. The fraction of sp³-hybridized carbons (Fsp3) is 0.333. The molecule has 516 valence electrons. The predicted molar refractivity (Wildman–Crippen MR) is 347 cm³/mol. The average molecular weight is 1370 g/mol. The molecule has 3 aliphatic heterocycles. The van der Waals surface area contributed by atoms with Gasteiger partial charge in [-0.3, -0.25) is 4.18 Å². The van der Waals surface area contributed by atoms with E-state index in [1.54, 1.807) is 12.1 Å². The summed E-state index contributed by atoms with van der Waals surface area (Å²) >= 11 is 0. The van der Waals surface area contributed by atoms with Gasteiger partial charge in [-0.1, -0.05) is 218 Å². The Morgan fingerprint density at radius 3 is 1.09 bits per heavy atom. The third kappa shape index (κ3) is 19.2. The molecule has 3 saturated heterocycles. The van der Waals surface area contributed by atoms with Crippen molar-refractivity contribution in [2.45, 2.75) is 144 Å². The summed E-state index contributed by atoms with van der Waals surface area (Å²) in [6.45, 7) is 0.527. The zero-order chi connectivity index (χ0) is 68.3. The molecular formula is C75H75F3O19S. The van der Waals surface area contributed by atoms with Gasteiger partial charge < -0.3 is 66.7 Å². The number of alkyl halides is 3. The van der Waals surface area contributed by atoms with Crippen molar-refractivity contribution in [2.75, 3.05) is 13.2 Å². The van der Waals surface area contributed by atoms with E-state index in [2.05, 4.69) is 0 Å². The third-order valence-electron chi connectivity index (χ3n) is 16.5. The van der Waals surface area contributed by atoms with Crippen LogP contribution < -0.4 is 0 Å². The van der Waals surface area contributed by atoms with Crippen LogP contribution in [0.2, 0.25) is 0 Å². The predicted octanol–water partition coefficient (Wildman–Crippen LogP) is 11.4. The van der Waals surface area contributed by atoms with Crippen LogP contribution in [0, 0.1) is 0 Å². The molecule has 15 atom stereocenters. The summed E-state index contributed by atoms with van der Waals surface area (Å²) in [5.74, 6) is -2.29. The quantitative estimate of drug-likeness (QED) is 0.0251. The molecule has 1 N–H and O–H groups in total. The van der Waals surface area contributed by atoms with Crippen LogP contribution in [0.25, 0.3) is 0 Å². The van der Waals surface area contributed by atoms with Crippen LogP contribution in [0.4, 0.5) is 13.2 Å². The maximum absolute atomic E-state index is 14.6. The lowest BCUT2D eigenvalue weighted by Gasteiger charge is -2.51. The second-order valence-corrected chi connectivity index (χ2v) is 25.1. The number of aliphatic hydroxyl groups is 1. The molecule has 3 fully saturated rings. The first-order valence-electron chi connectivity index (χ1n) is 32.0. The number of halogens is 3. The number of hydrogen-bond donors (Lipinski definition) is 1. The highest BCUT2D eigenvalue weighted by atomic mass is 32.2. The van der Waals surface area contributed by atoms with Gasteiger partial charge in [0.1, 0.15) is 54.9 Å². The van der Waals surface area contributed by atoms with Gasteiger partial charge in [0, 0.05) is 0 Å². The fourth-order valence-corrected chi connectivity index (χ4v) is 12.2. The number of rotatable bonds is 30. The zero-order valence-corrected chi connectivity index (χ0v) is 54.1. The molecule has 19 nitrogen and oxygen atoms in total. The van der Waals surface area contributed by atoms with Gasteiger partial charge in [0.15, 0.2) is 31.1 Å². The van der Waals surface area contributed by atoms with Gasteiger partial charge in [-0.2, -0.15) is 21.6 Å². The molecule has 0 aliphatic carbocycles. The van der Waals surface area contributed by atoms with Crippen LogP contribution in [0.5, 0.6) is 0 Å². The second kappa shape index (κ2) is 34.6. The van der Waals surface area contributed by atoms with Crippen molar-refractivity contribution in [2.24, 2.45) is 0 Å². The highest BCUT2D eigenvalue weighted by Gasteiger charge is 2.60. The first-order chi connectivity index (χ1) is 47.6. The molecule has 0 saturated carbocycles. The Bertz CT molecular complexity index is 3810. The molecule has 0 radical (unpaired) electrons. The first kappa shape index (κ1) is 71.2. The topological polar surface area (TPSA) is 218 Å². The molecule has 23 heteroatoms. The van der Waals surface area contributed by atoms with Gasteiger partial charge >= 0.3 is 27.6 Å². The Morgan fingerprint density at radius 2 is 0.704 bits per heavy atom. The summed E-state index contributed by atoms with van der Waals surface area (Å²) in [7, 11) is -6.51. The van der Waals surface area contributed by atoms with Crippen LogP contribution in [0.15, 0.2) is 243 Å². The Labute approximate surface area is 566 Å². The lowest BCUT2D eigenvalue weighted by atomic mass is 9.95. The highest BCUT2D eigenvalue weighted by Crippen LogP contribution is 2.40. The Kier molecular flexibility index (Phi) is 25.2. The summed E-state index contributed by atoms with van der Waals surface area (Å²) in [6, 6.07) is 70.4. The molecule has 0 aromatic heterocycles. The number of aliphatic hydroxyl groups excluding tert-OH is 1. The van der Waals surface area contributed by atoms with Crippen LogP contribution >= 0.6 is 0 Å². The molecule has 8 aromatic carbocycles. The van der Waals surface area contributed by atoms with Crippen molar-refractivity contribution in [1.29, 1.82) is 0 Å². The molecule has 11 rings (SSSR count). The molecule has 0 spiro atoms. The fourth-order valence-electron chi connectivity index (χ4n) is 11.5. The average Bonchev–Trinajstić information content (AvgIpc) is 0.765. The zero-order valence-electron chi connectivity index (χ0n) is 53.2. The minimum atomic E-state index is -6.51. The molecule has 0 unspecified atom stereocenters. The van der Waals surface area contributed by atoms with E-state index in [1.165, 1.54) is 55.5 Å². The van der Waals surface area contributed by atoms with E-state index in [-0.39, 0.29) is 64.0 Å². The smallest absolute Gasteiger partial charge is 0.452 e. The van der Waals surface area contributed by atoms with E-state index in [9.17, 15) is 36.3 Å². The van der Waals surface area contributed by atoms with Crippen molar-refractivity contribution >= 4 is 22.1 Å². The van der Waals surface area contributed by atoms with Crippen molar-refractivity contribution < 1.29 is 102 Å². The van der Waals surface area contributed by atoms with Gasteiger partial charge in [0.2, 0.25) is 0 Å². The lowest BCUT2D eigenvalue weighted by Crippen LogP contribution is -2.68. The van der Waals surface area contributed by atoms with E-state index < -0.39 is 120 Å². The lowest BCUT2D eigenvalue weighted by molar-refractivity contribution is -0.388. The number of hydrogen-bond acceptors (Lipinski definition) is 19. The van der Waals surface area contributed by atoms with Gasteiger partial charge in [-0.15, -0.1) is 0 Å². The number of carbonyl (C=O) groups excluding carboxylic acids is 2. The number of carbonyl (C=O) groups is 2. The van der Waals surface area contributed by atoms with Crippen molar-refractivity contribution in [3.05, 3.63) is 287 Å². The van der Waals surface area contributed by atoms with Crippen LogP contribution in [0.1, 0.15) is 61.0 Å². The monoisotopic (exact) mass is 1370 g/mol. The van der Waals surface area contributed by atoms with Crippen molar-refractivity contribution in [1.82, 2.24) is 0 Å². The van der Waals surface area contributed by atoms with Crippen LogP contribution in [-0.4, -0.2) is 136 Å². The number of esters is 2. The maximum atomic E-state index is 14.6. The minimum Gasteiger partial charge on any atom is -0.452 e. The van der Waals surface area contributed by atoms with E-state index in [0.717, 1.165) is 22.3 Å². The van der Waals surface area contributed by atoms with Gasteiger partial charge in [0.05, 0.1) is 70.1 Å². The Balaban J connectivity index is 1.04. The Hall–Kier alpha value is -8.08. The summed E-state index contributed by atoms with van der Waals surface area (Å²) in [4.78, 5) is 28.9. The second-order valence-electron chi connectivity index (χ2n) is 23.5.